The Labute approximate surface area is 149 Å². The number of hydrogen-bond acceptors (Lipinski definition) is 3. The van der Waals surface area contributed by atoms with E-state index in [0.29, 0.717) is 12.1 Å². The van der Waals surface area contributed by atoms with E-state index >= 15 is 0 Å². The van der Waals surface area contributed by atoms with Crippen LogP contribution in [0.1, 0.15) is 35.2 Å². The molecule has 1 aliphatic heterocycles. The first-order chi connectivity index (χ1) is 12.2. The first-order valence-electron chi connectivity index (χ1n) is 9.07. The summed E-state index contributed by atoms with van der Waals surface area (Å²) in [6.45, 7) is 2.41. The van der Waals surface area contributed by atoms with Gasteiger partial charge in [0.2, 0.25) is 0 Å². The van der Waals surface area contributed by atoms with Crippen LogP contribution in [0.5, 0.6) is 0 Å². The van der Waals surface area contributed by atoms with E-state index in [-0.39, 0.29) is 12.0 Å². The second-order valence-corrected chi connectivity index (χ2v) is 6.61. The van der Waals surface area contributed by atoms with Crippen LogP contribution in [0.15, 0.2) is 54.6 Å². The molecule has 2 N–H and O–H groups in total. The first kappa shape index (κ1) is 17.5. The van der Waals surface area contributed by atoms with Crippen molar-refractivity contribution < 1.29 is 9.90 Å². The Morgan fingerprint density at radius 1 is 1.04 bits per heavy atom. The molecule has 1 fully saturated rings. The maximum atomic E-state index is 12.2. The molecule has 2 aromatic carbocycles. The molecule has 1 heterocycles. The average molecular weight is 338 g/mol. The van der Waals surface area contributed by atoms with E-state index in [1.807, 2.05) is 42.5 Å². The number of nitrogens with one attached hydrogen (secondary N) is 1. The van der Waals surface area contributed by atoms with Crippen molar-refractivity contribution in [2.45, 2.75) is 31.8 Å². The van der Waals surface area contributed by atoms with Gasteiger partial charge in [-0.3, -0.25) is 4.79 Å². The molecule has 25 heavy (non-hydrogen) atoms. The molecule has 0 bridgehead atoms. The highest BCUT2D eigenvalue weighted by Crippen LogP contribution is 2.20. The van der Waals surface area contributed by atoms with Crippen LogP contribution >= 0.6 is 0 Å². The van der Waals surface area contributed by atoms with E-state index in [1.54, 1.807) is 0 Å². The van der Waals surface area contributed by atoms with E-state index in [0.717, 1.165) is 44.5 Å². The summed E-state index contributed by atoms with van der Waals surface area (Å²) in [7, 11) is 0. The fraction of sp³-hybridized carbons (Fsp3) is 0.381. The molecule has 0 atom stereocenters. The van der Waals surface area contributed by atoms with Crippen LogP contribution in [0.25, 0.3) is 0 Å². The van der Waals surface area contributed by atoms with Crippen LogP contribution in [0.2, 0.25) is 0 Å². The molecular formula is C21H26N2O2. The Balaban J connectivity index is 1.44. The number of piperidine rings is 1. The molecule has 0 aliphatic carbocycles. The Bertz CT molecular complexity index is 662. The van der Waals surface area contributed by atoms with Gasteiger partial charge in [-0.25, -0.2) is 0 Å². The Hall–Kier alpha value is -2.33. The molecule has 3 rings (SSSR count). The molecule has 2 aromatic rings. The fourth-order valence-corrected chi connectivity index (χ4v) is 3.19. The lowest BCUT2D eigenvalue weighted by Crippen LogP contribution is -2.35. The Morgan fingerprint density at radius 2 is 1.72 bits per heavy atom. The second-order valence-electron chi connectivity index (χ2n) is 6.61. The number of carbonyl (C=O) groups excluding carboxylic acids is 1. The molecule has 0 saturated carbocycles. The summed E-state index contributed by atoms with van der Waals surface area (Å²) >= 11 is 0. The number of benzene rings is 2. The Morgan fingerprint density at radius 3 is 2.40 bits per heavy atom. The number of rotatable bonds is 6. The molecule has 1 saturated heterocycles. The lowest BCUT2D eigenvalue weighted by Gasteiger charge is -2.31. The fourth-order valence-electron chi connectivity index (χ4n) is 3.19. The summed E-state index contributed by atoms with van der Waals surface area (Å²) < 4.78 is 0. The number of hydrogen-bond donors (Lipinski definition) is 2. The van der Waals surface area contributed by atoms with E-state index in [2.05, 4.69) is 22.3 Å². The zero-order chi connectivity index (χ0) is 17.5. The van der Waals surface area contributed by atoms with Crippen molar-refractivity contribution in [3.63, 3.8) is 0 Å². The van der Waals surface area contributed by atoms with Gasteiger partial charge < -0.3 is 15.3 Å². The van der Waals surface area contributed by atoms with Crippen LogP contribution in [0.4, 0.5) is 5.69 Å². The predicted molar refractivity (Wildman–Crippen MR) is 101 cm³/mol. The van der Waals surface area contributed by atoms with Gasteiger partial charge in [-0.2, -0.15) is 0 Å². The van der Waals surface area contributed by atoms with Gasteiger partial charge in [-0.1, -0.05) is 30.3 Å². The van der Waals surface area contributed by atoms with Crippen LogP contribution < -0.4 is 10.2 Å². The predicted octanol–water partition coefficient (Wildman–Crippen LogP) is 3.01. The normalized spacial score (nSPS) is 15.2. The molecule has 0 unspecified atom stereocenters. The lowest BCUT2D eigenvalue weighted by atomic mass is 10.1. The molecule has 0 spiro atoms. The maximum Gasteiger partial charge on any atom is 0.251 e. The molecule has 0 aromatic heterocycles. The SMILES string of the molecule is O=C(NCCCc1ccccc1)c1ccc(N2CCC(O)CC2)cc1. The first-order valence-corrected chi connectivity index (χ1v) is 9.07. The van der Waals surface area contributed by atoms with Crippen molar-refractivity contribution in [2.75, 3.05) is 24.5 Å². The third-order valence-electron chi connectivity index (χ3n) is 4.73. The van der Waals surface area contributed by atoms with Gasteiger partial charge in [-0.05, 0) is 55.5 Å². The summed E-state index contributed by atoms with van der Waals surface area (Å²) in [5.74, 6) is -0.0197. The number of anilines is 1. The lowest BCUT2D eigenvalue weighted by molar-refractivity contribution is 0.0953. The number of aliphatic hydroxyl groups is 1. The van der Waals surface area contributed by atoms with E-state index in [1.165, 1.54) is 5.56 Å². The quantitative estimate of drug-likeness (QED) is 0.796. The topological polar surface area (TPSA) is 52.6 Å². The van der Waals surface area contributed by atoms with Gasteiger partial charge >= 0.3 is 0 Å². The molecule has 1 amide bonds. The van der Waals surface area contributed by atoms with E-state index in [4.69, 9.17) is 0 Å². The van der Waals surface area contributed by atoms with Crippen molar-refractivity contribution in [3.8, 4) is 0 Å². The molecule has 0 radical (unpaired) electrons. The second kappa shape index (κ2) is 8.67. The highest BCUT2D eigenvalue weighted by molar-refractivity contribution is 5.94. The largest absolute Gasteiger partial charge is 0.393 e. The number of aliphatic hydroxyl groups excluding tert-OH is 1. The van der Waals surface area contributed by atoms with E-state index < -0.39 is 0 Å². The van der Waals surface area contributed by atoms with Gasteiger partial charge in [0.1, 0.15) is 0 Å². The highest BCUT2D eigenvalue weighted by Gasteiger charge is 2.17. The van der Waals surface area contributed by atoms with Crippen LogP contribution in [-0.4, -0.2) is 36.8 Å². The number of amides is 1. The highest BCUT2D eigenvalue weighted by atomic mass is 16.3. The summed E-state index contributed by atoms with van der Waals surface area (Å²) in [6.07, 6.45) is 3.36. The average Bonchev–Trinajstić information content (AvgIpc) is 2.67. The minimum absolute atomic E-state index is 0.0197. The Kier molecular flexibility index (Phi) is 6.07. The van der Waals surface area contributed by atoms with Gasteiger partial charge in [0.05, 0.1) is 6.10 Å². The zero-order valence-electron chi connectivity index (χ0n) is 14.5. The molecule has 132 valence electrons. The summed E-state index contributed by atoms with van der Waals surface area (Å²) in [4.78, 5) is 14.5. The summed E-state index contributed by atoms with van der Waals surface area (Å²) in [6, 6.07) is 18.1. The number of aryl methyl sites for hydroxylation is 1. The number of nitrogens with zero attached hydrogens (tertiary/aromatic N) is 1. The van der Waals surface area contributed by atoms with Crippen molar-refractivity contribution in [3.05, 3.63) is 65.7 Å². The number of carbonyl (C=O) groups is 1. The van der Waals surface area contributed by atoms with Crippen molar-refractivity contribution in [2.24, 2.45) is 0 Å². The molecule has 4 nitrogen and oxygen atoms in total. The van der Waals surface area contributed by atoms with Crippen LogP contribution in [0.3, 0.4) is 0 Å². The van der Waals surface area contributed by atoms with Gasteiger partial charge in [-0.15, -0.1) is 0 Å². The summed E-state index contributed by atoms with van der Waals surface area (Å²) in [5, 5.41) is 12.6. The van der Waals surface area contributed by atoms with Gasteiger partial charge in [0.25, 0.3) is 5.91 Å². The molecule has 1 aliphatic rings. The monoisotopic (exact) mass is 338 g/mol. The maximum absolute atomic E-state index is 12.2. The standard InChI is InChI=1S/C21H26N2O2/c24-20-12-15-23(16-13-20)19-10-8-18(9-11-19)21(25)22-14-4-7-17-5-2-1-3-6-17/h1-3,5-6,8-11,20,24H,4,7,12-16H2,(H,22,25). The summed E-state index contributed by atoms with van der Waals surface area (Å²) in [5.41, 5.74) is 3.11. The van der Waals surface area contributed by atoms with Gasteiger partial charge in [0, 0.05) is 30.9 Å². The molecule has 4 heteroatoms. The van der Waals surface area contributed by atoms with Crippen molar-refractivity contribution in [1.82, 2.24) is 5.32 Å². The van der Waals surface area contributed by atoms with Gasteiger partial charge in [0.15, 0.2) is 0 Å². The van der Waals surface area contributed by atoms with E-state index in [9.17, 15) is 9.90 Å². The van der Waals surface area contributed by atoms with Crippen LogP contribution in [0, 0.1) is 0 Å². The smallest absolute Gasteiger partial charge is 0.251 e. The molecular weight excluding hydrogens is 312 g/mol. The zero-order valence-corrected chi connectivity index (χ0v) is 14.5. The minimum atomic E-state index is -0.169. The third-order valence-corrected chi connectivity index (χ3v) is 4.73. The third kappa shape index (κ3) is 5.07. The minimum Gasteiger partial charge on any atom is -0.393 e. The van der Waals surface area contributed by atoms with Crippen molar-refractivity contribution in [1.29, 1.82) is 0 Å². The van der Waals surface area contributed by atoms with Crippen LogP contribution in [-0.2, 0) is 6.42 Å². The van der Waals surface area contributed by atoms with Crippen molar-refractivity contribution >= 4 is 11.6 Å².